The summed E-state index contributed by atoms with van der Waals surface area (Å²) >= 11 is 0. The van der Waals surface area contributed by atoms with E-state index < -0.39 is 0 Å². The molecule has 0 unspecified atom stereocenters. The van der Waals surface area contributed by atoms with Gasteiger partial charge in [0.2, 0.25) is 5.91 Å². The predicted molar refractivity (Wildman–Crippen MR) is 63.0 cm³/mol. The summed E-state index contributed by atoms with van der Waals surface area (Å²) in [5.74, 6) is 0.283. The van der Waals surface area contributed by atoms with Crippen LogP contribution in [0.4, 0.5) is 11.5 Å². The first-order chi connectivity index (χ1) is 8.20. The van der Waals surface area contributed by atoms with Crippen LogP contribution in [0.2, 0.25) is 0 Å². The minimum Gasteiger partial charge on any atom is -0.395 e. The molecule has 1 aromatic heterocycles. The second-order valence-electron chi connectivity index (χ2n) is 3.93. The molecular weight excluding hydrogens is 218 g/mol. The molecule has 88 valence electrons. The zero-order valence-corrected chi connectivity index (χ0v) is 9.23. The molecule has 0 bridgehead atoms. The highest BCUT2D eigenvalue weighted by Gasteiger charge is 2.23. The summed E-state index contributed by atoms with van der Waals surface area (Å²) in [7, 11) is 0. The summed E-state index contributed by atoms with van der Waals surface area (Å²) in [5.41, 5.74) is 6.34. The molecule has 1 aliphatic carbocycles. The van der Waals surface area contributed by atoms with Crippen LogP contribution >= 0.6 is 0 Å². The van der Waals surface area contributed by atoms with Crippen LogP contribution in [0.1, 0.15) is 18.4 Å². The van der Waals surface area contributed by atoms with E-state index in [0.717, 1.165) is 12.8 Å². The lowest BCUT2D eigenvalue weighted by Crippen LogP contribution is -2.31. The van der Waals surface area contributed by atoms with Crippen molar-refractivity contribution >= 4 is 17.4 Å². The highest BCUT2D eigenvalue weighted by molar-refractivity contribution is 5.82. The second-order valence-corrected chi connectivity index (χ2v) is 3.93. The molecule has 4 N–H and O–H groups in total. The van der Waals surface area contributed by atoms with Gasteiger partial charge < -0.3 is 16.4 Å². The molecule has 1 aliphatic rings. The lowest BCUT2D eigenvalue weighted by atomic mass is 10.2. The topological polar surface area (TPSA) is 104 Å². The van der Waals surface area contributed by atoms with Gasteiger partial charge in [-0.2, -0.15) is 5.26 Å². The molecule has 1 amide bonds. The smallest absolute Gasteiger partial charge is 0.239 e. The highest BCUT2D eigenvalue weighted by Crippen LogP contribution is 2.19. The fourth-order valence-corrected chi connectivity index (χ4v) is 1.38. The molecule has 6 nitrogen and oxygen atoms in total. The molecule has 1 aromatic rings. The number of carbonyl (C=O) groups excluding carboxylic acids is 1. The summed E-state index contributed by atoms with van der Waals surface area (Å²) in [6.45, 7) is 0.114. The van der Waals surface area contributed by atoms with E-state index in [1.807, 2.05) is 6.07 Å². The Hall–Kier alpha value is -2.29. The van der Waals surface area contributed by atoms with Crippen LogP contribution < -0.4 is 16.4 Å². The molecule has 0 spiro atoms. The number of nitrogen functional groups attached to an aromatic ring is 1. The number of pyridine rings is 1. The molecule has 1 heterocycles. The number of nitrogens with two attached hydrogens (primary N) is 1. The first kappa shape index (κ1) is 11.2. The van der Waals surface area contributed by atoms with Crippen molar-refractivity contribution in [2.45, 2.75) is 18.9 Å². The van der Waals surface area contributed by atoms with Crippen molar-refractivity contribution in [3.63, 3.8) is 0 Å². The third-order valence-corrected chi connectivity index (χ3v) is 2.47. The van der Waals surface area contributed by atoms with Crippen molar-refractivity contribution in [2.75, 3.05) is 17.6 Å². The minimum absolute atomic E-state index is 0.0870. The van der Waals surface area contributed by atoms with Crippen LogP contribution in [0.3, 0.4) is 0 Å². The third-order valence-electron chi connectivity index (χ3n) is 2.47. The van der Waals surface area contributed by atoms with Gasteiger partial charge in [-0.3, -0.25) is 4.79 Å². The van der Waals surface area contributed by atoms with Gasteiger partial charge in [0.25, 0.3) is 0 Å². The molecule has 1 saturated carbocycles. The van der Waals surface area contributed by atoms with E-state index in [1.54, 1.807) is 0 Å². The summed E-state index contributed by atoms with van der Waals surface area (Å²) in [4.78, 5) is 15.4. The van der Waals surface area contributed by atoms with E-state index >= 15 is 0 Å². The maximum Gasteiger partial charge on any atom is 0.239 e. The van der Waals surface area contributed by atoms with Gasteiger partial charge in [-0.05, 0) is 18.9 Å². The molecule has 0 aliphatic heterocycles. The summed E-state index contributed by atoms with van der Waals surface area (Å²) in [5, 5.41) is 14.4. The molecule has 0 saturated heterocycles. The van der Waals surface area contributed by atoms with Gasteiger partial charge in [0, 0.05) is 12.2 Å². The van der Waals surface area contributed by atoms with E-state index in [1.165, 1.54) is 12.3 Å². The van der Waals surface area contributed by atoms with Gasteiger partial charge in [0.1, 0.15) is 6.07 Å². The maximum absolute atomic E-state index is 11.4. The second kappa shape index (κ2) is 4.70. The predicted octanol–water partition coefficient (Wildman–Crippen LogP) is 0.226. The Bertz CT molecular complexity index is 475. The van der Waals surface area contributed by atoms with Crippen LogP contribution in [-0.4, -0.2) is 23.5 Å². The average molecular weight is 231 g/mol. The van der Waals surface area contributed by atoms with Crippen molar-refractivity contribution in [3.8, 4) is 6.07 Å². The number of amides is 1. The number of carbonyl (C=O) groups is 1. The van der Waals surface area contributed by atoms with E-state index in [0.29, 0.717) is 17.4 Å². The number of hydrogen-bond acceptors (Lipinski definition) is 5. The molecule has 0 atom stereocenters. The van der Waals surface area contributed by atoms with E-state index in [4.69, 9.17) is 11.0 Å². The lowest BCUT2D eigenvalue weighted by molar-refractivity contribution is -0.119. The molecule has 0 radical (unpaired) electrons. The van der Waals surface area contributed by atoms with Crippen molar-refractivity contribution < 1.29 is 4.79 Å². The third kappa shape index (κ3) is 2.84. The molecule has 2 rings (SSSR count). The van der Waals surface area contributed by atoms with Crippen LogP contribution in [0.25, 0.3) is 0 Å². The average Bonchev–Trinajstić information content (AvgIpc) is 3.11. The first-order valence-electron chi connectivity index (χ1n) is 5.38. The van der Waals surface area contributed by atoms with Crippen LogP contribution in [-0.2, 0) is 4.79 Å². The normalized spacial score (nSPS) is 13.8. The fraction of sp³-hybridized carbons (Fsp3) is 0.364. The summed E-state index contributed by atoms with van der Waals surface area (Å²) in [6, 6.07) is 3.83. The fourth-order valence-electron chi connectivity index (χ4n) is 1.38. The molecular formula is C11H13N5O. The number of aromatic nitrogens is 1. The Balaban J connectivity index is 1.94. The monoisotopic (exact) mass is 231 g/mol. The molecule has 17 heavy (non-hydrogen) atoms. The largest absolute Gasteiger partial charge is 0.395 e. The van der Waals surface area contributed by atoms with Crippen LogP contribution in [0, 0.1) is 11.3 Å². The molecule has 1 fully saturated rings. The Morgan fingerprint density at radius 3 is 3.06 bits per heavy atom. The lowest BCUT2D eigenvalue weighted by Gasteiger charge is -2.08. The first-order valence-corrected chi connectivity index (χ1v) is 5.38. The Labute approximate surface area is 98.8 Å². The van der Waals surface area contributed by atoms with Gasteiger partial charge in [0.05, 0.1) is 17.8 Å². The van der Waals surface area contributed by atoms with Crippen molar-refractivity contribution in [1.82, 2.24) is 10.3 Å². The number of anilines is 2. The van der Waals surface area contributed by atoms with Gasteiger partial charge in [0.15, 0.2) is 5.82 Å². The number of hydrogen-bond donors (Lipinski definition) is 3. The number of rotatable bonds is 4. The van der Waals surface area contributed by atoms with Crippen molar-refractivity contribution in [1.29, 1.82) is 5.26 Å². The summed E-state index contributed by atoms with van der Waals surface area (Å²) < 4.78 is 0. The van der Waals surface area contributed by atoms with Gasteiger partial charge in [-0.25, -0.2) is 4.98 Å². The molecule has 6 heteroatoms. The van der Waals surface area contributed by atoms with E-state index in [9.17, 15) is 4.79 Å². The Morgan fingerprint density at radius 2 is 2.41 bits per heavy atom. The van der Waals surface area contributed by atoms with Crippen LogP contribution in [0.5, 0.6) is 0 Å². The minimum atomic E-state index is -0.0870. The standard InChI is InChI=1S/C11H13N5O/c12-5-7-3-4-14-11(10(7)13)15-6-9(17)16-8-1-2-8/h3-4,8H,1-2,6,13H2,(H,14,15)(H,16,17). The van der Waals surface area contributed by atoms with Crippen molar-refractivity contribution in [3.05, 3.63) is 17.8 Å². The Kier molecular flexibility index (Phi) is 3.10. The quantitative estimate of drug-likeness (QED) is 0.688. The Morgan fingerprint density at radius 1 is 1.65 bits per heavy atom. The zero-order chi connectivity index (χ0) is 12.3. The van der Waals surface area contributed by atoms with E-state index in [2.05, 4.69) is 15.6 Å². The zero-order valence-electron chi connectivity index (χ0n) is 9.23. The number of nitrogens with one attached hydrogen (secondary N) is 2. The van der Waals surface area contributed by atoms with Gasteiger partial charge in [-0.1, -0.05) is 0 Å². The number of nitriles is 1. The van der Waals surface area contributed by atoms with Gasteiger partial charge in [-0.15, -0.1) is 0 Å². The van der Waals surface area contributed by atoms with Crippen molar-refractivity contribution in [2.24, 2.45) is 0 Å². The summed E-state index contributed by atoms with van der Waals surface area (Å²) in [6.07, 6.45) is 3.59. The number of nitrogens with zero attached hydrogens (tertiary/aromatic N) is 2. The molecule has 0 aromatic carbocycles. The van der Waals surface area contributed by atoms with Gasteiger partial charge >= 0.3 is 0 Å². The maximum atomic E-state index is 11.4. The van der Waals surface area contributed by atoms with Crippen LogP contribution in [0.15, 0.2) is 12.3 Å². The SMILES string of the molecule is N#Cc1ccnc(NCC(=O)NC2CC2)c1N. The highest BCUT2D eigenvalue weighted by atomic mass is 16.2. The van der Waals surface area contributed by atoms with E-state index in [-0.39, 0.29) is 18.1 Å².